The van der Waals surface area contributed by atoms with E-state index in [4.69, 9.17) is 18.9 Å². The summed E-state index contributed by atoms with van der Waals surface area (Å²) in [7, 11) is 0. The first-order valence-electron chi connectivity index (χ1n) is 10.6. The van der Waals surface area contributed by atoms with Crippen molar-refractivity contribution in [2.45, 2.75) is 56.7 Å². The summed E-state index contributed by atoms with van der Waals surface area (Å²) >= 11 is 0. The number of nitrogens with zero attached hydrogens (tertiary/aromatic N) is 1. The molecule has 0 aromatic heterocycles. The van der Waals surface area contributed by atoms with Crippen molar-refractivity contribution in [2.75, 3.05) is 32.9 Å². The standard InChI is InChI=1S/C22H31NO6/c24-18-10-20(11-18)27-7-6-26-19-8-17(9-19)15-28-21-12-23(13-21)22(25)29-14-16-4-2-1-3-5-16/h1-5,17-21,24H,6-15H2/t17?,18-,19?,20+. The molecule has 4 rings (SSSR count). The molecule has 1 saturated heterocycles. The number of hydrogen-bond donors (Lipinski definition) is 1. The number of hydrogen-bond acceptors (Lipinski definition) is 6. The molecule has 1 aliphatic heterocycles. The van der Waals surface area contributed by atoms with Crippen LogP contribution in [0.4, 0.5) is 4.79 Å². The number of benzene rings is 1. The second-order valence-electron chi connectivity index (χ2n) is 8.35. The second-order valence-corrected chi connectivity index (χ2v) is 8.35. The SMILES string of the molecule is O=C(OCc1ccccc1)N1CC(OCC2CC(OCCO[C@H]3C[C@@H](O)C3)C2)C1. The van der Waals surface area contributed by atoms with Gasteiger partial charge in [-0.25, -0.2) is 4.79 Å². The Morgan fingerprint density at radius 1 is 0.931 bits per heavy atom. The summed E-state index contributed by atoms with van der Waals surface area (Å²) < 4.78 is 22.6. The Kier molecular flexibility index (Phi) is 7.02. The van der Waals surface area contributed by atoms with Gasteiger partial charge in [0.25, 0.3) is 0 Å². The number of carbonyl (C=O) groups is 1. The quantitative estimate of drug-likeness (QED) is 0.602. The van der Waals surface area contributed by atoms with Gasteiger partial charge in [0.1, 0.15) is 6.61 Å². The van der Waals surface area contributed by atoms with Gasteiger partial charge < -0.3 is 29.0 Å². The van der Waals surface area contributed by atoms with Crippen LogP contribution in [-0.4, -0.2) is 73.4 Å². The molecule has 1 N–H and O–H groups in total. The van der Waals surface area contributed by atoms with Gasteiger partial charge in [-0.05, 0) is 37.2 Å². The molecular formula is C22H31NO6. The summed E-state index contributed by atoms with van der Waals surface area (Å²) in [6.07, 6.45) is 3.76. The fourth-order valence-corrected chi connectivity index (χ4v) is 3.83. The molecule has 0 bridgehead atoms. The summed E-state index contributed by atoms with van der Waals surface area (Å²) in [6, 6.07) is 9.69. The number of likely N-dealkylation sites (tertiary alicyclic amines) is 1. The molecule has 1 amide bonds. The Morgan fingerprint density at radius 3 is 2.24 bits per heavy atom. The third-order valence-corrected chi connectivity index (χ3v) is 5.93. The molecule has 3 fully saturated rings. The molecule has 1 heterocycles. The van der Waals surface area contributed by atoms with Crippen LogP contribution in [0.3, 0.4) is 0 Å². The van der Waals surface area contributed by atoms with Gasteiger partial charge in [0.15, 0.2) is 0 Å². The van der Waals surface area contributed by atoms with E-state index in [-0.39, 0.29) is 24.4 Å². The zero-order chi connectivity index (χ0) is 20.1. The smallest absolute Gasteiger partial charge is 0.410 e. The van der Waals surface area contributed by atoms with Crippen LogP contribution in [0.2, 0.25) is 0 Å². The van der Waals surface area contributed by atoms with E-state index in [0.717, 1.165) is 37.9 Å². The molecule has 3 aliphatic rings. The van der Waals surface area contributed by atoms with Crippen LogP contribution in [0.1, 0.15) is 31.2 Å². The lowest BCUT2D eigenvalue weighted by Gasteiger charge is -2.41. The lowest BCUT2D eigenvalue weighted by molar-refractivity contribution is -0.118. The summed E-state index contributed by atoms with van der Waals surface area (Å²) in [5.41, 5.74) is 0.990. The first-order chi connectivity index (χ1) is 14.2. The Morgan fingerprint density at radius 2 is 1.59 bits per heavy atom. The van der Waals surface area contributed by atoms with E-state index in [1.54, 1.807) is 4.90 Å². The van der Waals surface area contributed by atoms with Crippen molar-refractivity contribution >= 4 is 6.09 Å². The van der Waals surface area contributed by atoms with Crippen LogP contribution in [0.5, 0.6) is 0 Å². The van der Waals surface area contributed by atoms with E-state index >= 15 is 0 Å². The number of rotatable bonds is 10. The van der Waals surface area contributed by atoms with Gasteiger partial charge in [0.2, 0.25) is 0 Å². The highest BCUT2D eigenvalue weighted by atomic mass is 16.6. The predicted octanol–water partition coefficient (Wildman–Crippen LogP) is 2.36. The minimum Gasteiger partial charge on any atom is -0.445 e. The number of aliphatic hydroxyl groups is 1. The molecule has 0 unspecified atom stereocenters. The molecule has 1 aromatic carbocycles. The lowest BCUT2D eigenvalue weighted by Crippen LogP contribution is -2.55. The molecule has 7 nitrogen and oxygen atoms in total. The summed E-state index contributed by atoms with van der Waals surface area (Å²) in [4.78, 5) is 13.7. The van der Waals surface area contributed by atoms with E-state index in [2.05, 4.69) is 0 Å². The normalized spacial score (nSPS) is 28.9. The molecule has 2 aliphatic carbocycles. The van der Waals surface area contributed by atoms with E-state index < -0.39 is 0 Å². The largest absolute Gasteiger partial charge is 0.445 e. The van der Waals surface area contributed by atoms with Crippen molar-refractivity contribution in [1.29, 1.82) is 0 Å². The van der Waals surface area contributed by atoms with Crippen LogP contribution in [-0.2, 0) is 25.6 Å². The minimum absolute atomic E-state index is 0.116. The number of amides is 1. The highest BCUT2D eigenvalue weighted by Crippen LogP contribution is 2.31. The third-order valence-electron chi connectivity index (χ3n) is 5.93. The molecule has 0 spiro atoms. The molecule has 7 heteroatoms. The van der Waals surface area contributed by atoms with Gasteiger partial charge in [0, 0.05) is 0 Å². The topological polar surface area (TPSA) is 77.5 Å². The Bertz CT molecular complexity index is 638. The first-order valence-corrected chi connectivity index (χ1v) is 10.6. The average Bonchev–Trinajstić information content (AvgIpc) is 2.64. The monoisotopic (exact) mass is 405 g/mol. The molecule has 2 saturated carbocycles. The molecular weight excluding hydrogens is 374 g/mol. The number of aliphatic hydroxyl groups excluding tert-OH is 1. The van der Waals surface area contributed by atoms with E-state index in [0.29, 0.717) is 44.9 Å². The molecule has 160 valence electrons. The lowest BCUT2D eigenvalue weighted by atomic mass is 9.83. The Balaban J connectivity index is 0.979. The maximum Gasteiger partial charge on any atom is 0.410 e. The van der Waals surface area contributed by atoms with E-state index in [1.807, 2.05) is 30.3 Å². The fraction of sp³-hybridized carbons (Fsp3) is 0.682. The van der Waals surface area contributed by atoms with Gasteiger partial charge >= 0.3 is 6.09 Å². The highest BCUT2D eigenvalue weighted by molar-refractivity contribution is 5.68. The second kappa shape index (κ2) is 9.89. The fourth-order valence-electron chi connectivity index (χ4n) is 3.83. The summed E-state index contributed by atoms with van der Waals surface area (Å²) in [6.45, 7) is 3.47. The van der Waals surface area contributed by atoms with Crippen molar-refractivity contribution in [2.24, 2.45) is 5.92 Å². The first kappa shape index (κ1) is 20.6. The van der Waals surface area contributed by atoms with Crippen molar-refractivity contribution in [3.63, 3.8) is 0 Å². The van der Waals surface area contributed by atoms with E-state index in [9.17, 15) is 9.90 Å². The maximum atomic E-state index is 12.0. The third kappa shape index (κ3) is 5.92. The summed E-state index contributed by atoms with van der Waals surface area (Å²) in [5.74, 6) is 0.543. The van der Waals surface area contributed by atoms with Crippen LogP contribution in [0.25, 0.3) is 0 Å². The molecule has 29 heavy (non-hydrogen) atoms. The number of ether oxygens (including phenoxy) is 4. The van der Waals surface area contributed by atoms with Crippen molar-refractivity contribution in [1.82, 2.24) is 4.90 Å². The van der Waals surface area contributed by atoms with Gasteiger partial charge in [-0.15, -0.1) is 0 Å². The minimum atomic E-state index is -0.274. The highest BCUT2D eigenvalue weighted by Gasteiger charge is 2.35. The maximum absolute atomic E-state index is 12.0. The van der Waals surface area contributed by atoms with Crippen molar-refractivity contribution < 1.29 is 28.8 Å². The van der Waals surface area contributed by atoms with Crippen LogP contribution < -0.4 is 0 Å². The Labute approximate surface area is 171 Å². The van der Waals surface area contributed by atoms with Gasteiger partial charge in [-0.2, -0.15) is 0 Å². The van der Waals surface area contributed by atoms with Gasteiger partial charge in [0.05, 0.1) is 57.3 Å². The Hall–Kier alpha value is -1.67. The van der Waals surface area contributed by atoms with E-state index in [1.165, 1.54) is 0 Å². The van der Waals surface area contributed by atoms with Crippen molar-refractivity contribution in [3.05, 3.63) is 35.9 Å². The number of carbonyl (C=O) groups excluding carboxylic acids is 1. The predicted molar refractivity (Wildman–Crippen MR) is 105 cm³/mol. The molecule has 0 radical (unpaired) electrons. The zero-order valence-electron chi connectivity index (χ0n) is 16.8. The molecule has 1 aromatic rings. The molecule has 0 atom stereocenters. The van der Waals surface area contributed by atoms with Gasteiger partial charge in [-0.3, -0.25) is 0 Å². The average molecular weight is 405 g/mol. The van der Waals surface area contributed by atoms with Crippen LogP contribution in [0.15, 0.2) is 30.3 Å². The van der Waals surface area contributed by atoms with Crippen LogP contribution in [0, 0.1) is 5.92 Å². The summed E-state index contributed by atoms with van der Waals surface area (Å²) in [5, 5.41) is 9.21. The zero-order valence-corrected chi connectivity index (χ0v) is 16.8. The van der Waals surface area contributed by atoms with Crippen LogP contribution >= 0.6 is 0 Å². The van der Waals surface area contributed by atoms with Crippen molar-refractivity contribution in [3.8, 4) is 0 Å². The van der Waals surface area contributed by atoms with Gasteiger partial charge in [-0.1, -0.05) is 30.3 Å².